The number of hydrogen-bond donors (Lipinski definition) is 2. The predicted molar refractivity (Wildman–Crippen MR) is 125 cm³/mol. The SMILES string of the molecule is C#C[C@H]1C[C@@H]1C(C)CNC(=O)OC(C)(C)C.CC(CNC(=O)OC(C)(C)C)[C@H]1C[C@@H]1C=O. The van der Waals surface area contributed by atoms with Gasteiger partial charge in [-0.2, -0.15) is 0 Å². The number of alkyl carbamates (subject to hydrolysis) is 2. The molecule has 32 heavy (non-hydrogen) atoms. The Hall–Kier alpha value is -2.23. The molecule has 2 saturated carbocycles. The Morgan fingerprint density at radius 1 is 0.938 bits per heavy atom. The molecule has 7 heteroatoms. The van der Waals surface area contributed by atoms with Crippen LogP contribution in [0.25, 0.3) is 0 Å². The third-order valence-electron chi connectivity index (χ3n) is 5.52. The van der Waals surface area contributed by atoms with Gasteiger partial charge in [0.05, 0.1) is 0 Å². The van der Waals surface area contributed by atoms with Gasteiger partial charge in [-0.15, -0.1) is 12.3 Å². The van der Waals surface area contributed by atoms with Crippen molar-refractivity contribution in [2.24, 2.45) is 35.5 Å². The summed E-state index contributed by atoms with van der Waals surface area (Å²) in [7, 11) is 0. The van der Waals surface area contributed by atoms with E-state index in [9.17, 15) is 14.4 Å². The molecule has 2 aliphatic rings. The molecule has 182 valence electrons. The minimum Gasteiger partial charge on any atom is -0.444 e. The molecule has 2 amide bonds. The lowest BCUT2D eigenvalue weighted by Crippen LogP contribution is -2.35. The summed E-state index contributed by atoms with van der Waals surface area (Å²) in [6.07, 6.45) is 7.66. The van der Waals surface area contributed by atoms with Crippen molar-refractivity contribution in [1.29, 1.82) is 0 Å². The van der Waals surface area contributed by atoms with Gasteiger partial charge in [-0.1, -0.05) is 13.8 Å². The van der Waals surface area contributed by atoms with Crippen LogP contribution >= 0.6 is 0 Å². The third-order valence-corrected chi connectivity index (χ3v) is 5.52. The Balaban J connectivity index is 0.000000320. The first-order valence-electron chi connectivity index (χ1n) is 11.5. The maximum absolute atomic E-state index is 11.4. The molecular weight excluding hydrogens is 408 g/mol. The molecule has 2 unspecified atom stereocenters. The molecule has 2 fully saturated rings. The average Bonchev–Trinajstić information content (AvgIpc) is 3.55. The van der Waals surface area contributed by atoms with Crippen molar-refractivity contribution in [3.63, 3.8) is 0 Å². The highest BCUT2D eigenvalue weighted by molar-refractivity contribution is 5.68. The lowest BCUT2D eigenvalue weighted by atomic mass is 10.1. The van der Waals surface area contributed by atoms with Crippen LogP contribution in [0.15, 0.2) is 0 Å². The molecule has 7 nitrogen and oxygen atoms in total. The van der Waals surface area contributed by atoms with Gasteiger partial charge in [-0.25, -0.2) is 9.59 Å². The number of hydrogen-bond acceptors (Lipinski definition) is 5. The van der Waals surface area contributed by atoms with Crippen LogP contribution in [-0.4, -0.2) is 42.8 Å². The molecule has 0 aromatic heterocycles. The van der Waals surface area contributed by atoms with Crippen molar-refractivity contribution >= 4 is 18.5 Å². The van der Waals surface area contributed by atoms with Crippen LogP contribution in [0.2, 0.25) is 0 Å². The fourth-order valence-electron chi connectivity index (χ4n) is 3.50. The molecule has 6 atom stereocenters. The molecule has 0 bridgehead atoms. The molecule has 2 N–H and O–H groups in total. The highest BCUT2D eigenvalue weighted by atomic mass is 16.6. The second kappa shape index (κ2) is 11.6. The molecule has 0 aliphatic heterocycles. The first-order valence-corrected chi connectivity index (χ1v) is 11.5. The minimum absolute atomic E-state index is 0.204. The lowest BCUT2D eigenvalue weighted by molar-refractivity contribution is -0.109. The third kappa shape index (κ3) is 11.4. The van der Waals surface area contributed by atoms with Crippen LogP contribution in [0.4, 0.5) is 9.59 Å². The van der Waals surface area contributed by atoms with Crippen LogP contribution in [0, 0.1) is 47.9 Å². The zero-order chi connectivity index (χ0) is 24.7. The summed E-state index contributed by atoms with van der Waals surface area (Å²) in [6.45, 7) is 16.4. The number of terminal acetylenes is 1. The largest absolute Gasteiger partial charge is 0.444 e. The summed E-state index contributed by atoms with van der Waals surface area (Å²) in [5.41, 5.74) is -0.896. The number of aldehydes is 1. The first kappa shape index (κ1) is 27.8. The van der Waals surface area contributed by atoms with Crippen LogP contribution in [-0.2, 0) is 14.3 Å². The Kier molecular flexibility index (Phi) is 10.1. The lowest BCUT2D eigenvalue weighted by Gasteiger charge is -2.20. The zero-order valence-corrected chi connectivity index (χ0v) is 21.0. The number of rotatable bonds is 7. The molecular formula is C25H42N2O5. The van der Waals surface area contributed by atoms with Gasteiger partial charge in [0.25, 0.3) is 0 Å². The van der Waals surface area contributed by atoms with E-state index in [0.717, 1.165) is 19.1 Å². The van der Waals surface area contributed by atoms with Gasteiger partial charge in [0.1, 0.15) is 17.5 Å². The highest BCUT2D eigenvalue weighted by Gasteiger charge is 2.41. The summed E-state index contributed by atoms with van der Waals surface area (Å²) in [5, 5.41) is 5.50. The number of ether oxygens (including phenoxy) is 2. The smallest absolute Gasteiger partial charge is 0.407 e. The normalized spacial score (nSPS) is 25.6. The van der Waals surface area contributed by atoms with Gasteiger partial charge in [0, 0.05) is 24.9 Å². The number of nitrogens with one attached hydrogen (secondary N) is 2. The fraction of sp³-hybridized carbons (Fsp3) is 0.800. The fourth-order valence-corrected chi connectivity index (χ4v) is 3.50. The summed E-state index contributed by atoms with van der Waals surface area (Å²) in [6, 6.07) is 0. The Morgan fingerprint density at radius 2 is 1.38 bits per heavy atom. The topological polar surface area (TPSA) is 93.7 Å². The highest BCUT2D eigenvalue weighted by Crippen LogP contribution is 2.43. The average molecular weight is 451 g/mol. The van der Waals surface area contributed by atoms with Crippen molar-refractivity contribution in [2.45, 2.75) is 79.4 Å². The zero-order valence-electron chi connectivity index (χ0n) is 21.0. The Bertz CT molecular complexity index is 686. The van der Waals surface area contributed by atoms with E-state index in [0.29, 0.717) is 42.7 Å². The maximum atomic E-state index is 11.4. The van der Waals surface area contributed by atoms with Crippen LogP contribution in [0.3, 0.4) is 0 Å². The van der Waals surface area contributed by atoms with Crippen LogP contribution in [0.5, 0.6) is 0 Å². The van der Waals surface area contributed by atoms with E-state index in [1.807, 2.05) is 48.5 Å². The number of carbonyl (C=O) groups is 3. The summed E-state index contributed by atoms with van der Waals surface area (Å²) in [4.78, 5) is 33.2. The van der Waals surface area contributed by atoms with Crippen molar-refractivity contribution in [1.82, 2.24) is 10.6 Å². The van der Waals surface area contributed by atoms with Gasteiger partial charge >= 0.3 is 12.2 Å². The van der Waals surface area contributed by atoms with Gasteiger partial charge < -0.3 is 24.9 Å². The van der Waals surface area contributed by atoms with Gasteiger partial charge in [-0.3, -0.25) is 0 Å². The van der Waals surface area contributed by atoms with E-state index >= 15 is 0 Å². The maximum Gasteiger partial charge on any atom is 0.407 e. The number of amides is 2. The predicted octanol–water partition coefficient (Wildman–Crippen LogP) is 4.40. The van der Waals surface area contributed by atoms with E-state index in [4.69, 9.17) is 15.9 Å². The summed E-state index contributed by atoms with van der Waals surface area (Å²) in [5.74, 6) is 5.14. The van der Waals surface area contributed by atoms with E-state index in [1.54, 1.807) is 0 Å². The monoisotopic (exact) mass is 450 g/mol. The molecule has 0 radical (unpaired) electrons. The standard InChI is InChI=1S/C13H21NO2.C12H21NO3/c1-6-10-7-11(10)9(2)8-14-12(15)16-13(3,4)5;1-8(10-5-9(10)7-14)6-13-11(15)16-12(2,3)4/h1,9-11H,7-8H2,2-5H3,(H,14,15);7-10H,5-6H2,1-4H3,(H,13,15)/t9?,10-,11+;8?,9-,10-/m01/s1. The number of carbonyl (C=O) groups excluding carboxylic acids is 3. The van der Waals surface area contributed by atoms with Crippen molar-refractivity contribution in [3.05, 3.63) is 0 Å². The quantitative estimate of drug-likeness (QED) is 0.443. The van der Waals surface area contributed by atoms with E-state index in [-0.39, 0.29) is 18.1 Å². The van der Waals surface area contributed by atoms with Crippen molar-refractivity contribution < 1.29 is 23.9 Å². The molecule has 0 saturated heterocycles. The molecule has 0 heterocycles. The minimum atomic E-state index is -0.460. The second-order valence-corrected chi connectivity index (χ2v) is 11.1. The molecule has 0 aromatic rings. The summed E-state index contributed by atoms with van der Waals surface area (Å²) >= 11 is 0. The molecule has 2 rings (SSSR count). The van der Waals surface area contributed by atoms with Crippen LogP contribution in [0.1, 0.15) is 68.2 Å². The van der Waals surface area contributed by atoms with Gasteiger partial charge in [-0.05, 0) is 78.1 Å². The van der Waals surface area contributed by atoms with E-state index in [2.05, 4.69) is 23.5 Å². The summed E-state index contributed by atoms with van der Waals surface area (Å²) < 4.78 is 10.3. The van der Waals surface area contributed by atoms with Crippen molar-refractivity contribution in [2.75, 3.05) is 13.1 Å². The van der Waals surface area contributed by atoms with E-state index in [1.165, 1.54) is 0 Å². The van der Waals surface area contributed by atoms with Crippen molar-refractivity contribution in [3.8, 4) is 12.3 Å². The first-order chi connectivity index (χ1) is 14.7. The molecule has 0 spiro atoms. The van der Waals surface area contributed by atoms with E-state index < -0.39 is 11.2 Å². The second-order valence-electron chi connectivity index (χ2n) is 11.1. The molecule has 0 aromatic carbocycles. The van der Waals surface area contributed by atoms with Gasteiger partial charge in [0.2, 0.25) is 0 Å². The Labute approximate surface area is 193 Å². The molecule has 2 aliphatic carbocycles. The van der Waals surface area contributed by atoms with Crippen LogP contribution < -0.4 is 10.6 Å². The Morgan fingerprint density at radius 3 is 1.69 bits per heavy atom. The van der Waals surface area contributed by atoms with Gasteiger partial charge in [0.15, 0.2) is 0 Å².